The predicted molar refractivity (Wildman–Crippen MR) is 70.5 cm³/mol. The molecule has 0 saturated carbocycles. The standard InChI is InChI=1S/C14H20N2O/c1-15(2)14(17)12-6-8-13(9-7-12)16-10-4-3-5-11-16/h6-9H,3-5,10-11H2,1-2H3. The van der Waals surface area contributed by atoms with Gasteiger partial charge in [-0.2, -0.15) is 0 Å². The highest BCUT2D eigenvalue weighted by Gasteiger charge is 2.12. The van der Waals surface area contributed by atoms with Crippen molar-refractivity contribution in [2.75, 3.05) is 32.1 Å². The van der Waals surface area contributed by atoms with Crippen LogP contribution in [0.15, 0.2) is 24.3 Å². The molecule has 1 aliphatic heterocycles. The Kier molecular flexibility index (Phi) is 3.67. The number of amides is 1. The zero-order valence-electron chi connectivity index (χ0n) is 10.6. The highest BCUT2D eigenvalue weighted by Crippen LogP contribution is 2.20. The van der Waals surface area contributed by atoms with E-state index in [1.807, 2.05) is 12.1 Å². The molecule has 0 atom stereocenters. The summed E-state index contributed by atoms with van der Waals surface area (Å²) in [6, 6.07) is 7.96. The number of anilines is 1. The van der Waals surface area contributed by atoms with Crippen LogP contribution in [0.3, 0.4) is 0 Å². The molecular weight excluding hydrogens is 212 g/mol. The lowest BCUT2D eigenvalue weighted by Crippen LogP contribution is -2.29. The Labute approximate surface area is 103 Å². The highest BCUT2D eigenvalue weighted by molar-refractivity contribution is 5.94. The largest absolute Gasteiger partial charge is 0.372 e. The normalized spacial score (nSPS) is 15.8. The predicted octanol–water partition coefficient (Wildman–Crippen LogP) is 2.38. The van der Waals surface area contributed by atoms with Crippen molar-refractivity contribution in [2.45, 2.75) is 19.3 Å². The lowest BCUT2D eigenvalue weighted by atomic mass is 10.1. The lowest BCUT2D eigenvalue weighted by Gasteiger charge is -2.28. The molecular formula is C14H20N2O. The van der Waals surface area contributed by atoms with Crippen LogP contribution >= 0.6 is 0 Å². The van der Waals surface area contributed by atoms with Gasteiger partial charge in [-0.25, -0.2) is 0 Å². The van der Waals surface area contributed by atoms with Crippen LogP contribution in [-0.2, 0) is 0 Å². The number of carbonyl (C=O) groups is 1. The van der Waals surface area contributed by atoms with Crippen LogP contribution in [0.4, 0.5) is 5.69 Å². The Morgan fingerprint density at radius 1 is 1.06 bits per heavy atom. The molecule has 1 fully saturated rings. The third kappa shape index (κ3) is 2.78. The van der Waals surface area contributed by atoms with E-state index in [9.17, 15) is 4.79 Å². The van der Waals surface area contributed by atoms with Gasteiger partial charge < -0.3 is 9.80 Å². The second kappa shape index (κ2) is 5.21. The number of carbonyl (C=O) groups excluding carboxylic acids is 1. The van der Waals surface area contributed by atoms with E-state index in [1.165, 1.54) is 24.9 Å². The highest BCUT2D eigenvalue weighted by atomic mass is 16.2. The first kappa shape index (κ1) is 12.0. The molecule has 1 heterocycles. The Morgan fingerprint density at radius 2 is 1.65 bits per heavy atom. The van der Waals surface area contributed by atoms with Crippen molar-refractivity contribution in [3.63, 3.8) is 0 Å². The molecule has 0 bridgehead atoms. The maximum absolute atomic E-state index is 11.7. The van der Waals surface area contributed by atoms with E-state index in [-0.39, 0.29) is 5.91 Å². The number of hydrogen-bond donors (Lipinski definition) is 0. The molecule has 3 nitrogen and oxygen atoms in total. The third-order valence-electron chi connectivity index (χ3n) is 3.24. The Balaban J connectivity index is 2.09. The van der Waals surface area contributed by atoms with Gasteiger partial charge in [-0.05, 0) is 43.5 Å². The van der Waals surface area contributed by atoms with E-state index in [1.54, 1.807) is 19.0 Å². The Morgan fingerprint density at radius 3 is 2.18 bits per heavy atom. The summed E-state index contributed by atoms with van der Waals surface area (Å²) in [5, 5.41) is 0. The molecule has 92 valence electrons. The molecule has 0 unspecified atom stereocenters. The van der Waals surface area contributed by atoms with E-state index in [0.29, 0.717) is 0 Å². The minimum atomic E-state index is 0.0650. The number of piperidine rings is 1. The molecule has 1 aromatic carbocycles. The number of nitrogens with zero attached hydrogens (tertiary/aromatic N) is 2. The molecule has 1 amide bonds. The smallest absolute Gasteiger partial charge is 0.253 e. The molecule has 17 heavy (non-hydrogen) atoms. The molecule has 1 aliphatic rings. The zero-order valence-corrected chi connectivity index (χ0v) is 10.6. The fraction of sp³-hybridized carbons (Fsp3) is 0.500. The number of hydrogen-bond acceptors (Lipinski definition) is 2. The van der Waals surface area contributed by atoms with Crippen molar-refractivity contribution in [3.8, 4) is 0 Å². The molecule has 1 saturated heterocycles. The first-order chi connectivity index (χ1) is 8.18. The summed E-state index contributed by atoms with van der Waals surface area (Å²) in [5.74, 6) is 0.0650. The van der Waals surface area contributed by atoms with Gasteiger partial charge >= 0.3 is 0 Å². The first-order valence-electron chi connectivity index (χ1n) is 6.25. The van der Waals surface area contributed by atoms with Crippen molar-refractivity contribution in [3.05, 3.63) is 29.8 Å². The molecule has 0 N–H and O–H groups in total. The van der Waals surface area contributed by atoms with Gasteiger partial charge in [0.15, 0.2) is 0 Å². The fourth-order valence-electron chi connectivity index (χ4n) is 2.23. The van der Waals surface area contributed by atoms with Crippen LogP contribution in [0.1, 0.15) is 29.6 Å². The van der Waals surface area contributed by atoms with Crippen LogP contribution < -0.4 is 4.90 Å². The minimum absolute atomic E-state index is 0.0650. The second-order valence-electron chi connectivity index (χ2n) is 4.79. The summed E-state index contributed by atoms with van der Waals surface area (Å²) < 4.78 is 0. The third-order valence-corrected chi connectivity index (χ3v) is 3.24. The summed E-state index contributed by atoms with van der Waals surface area (Å²) in [6.45, 7) is 2.28. The van der Waals surface area contributed by atoms with Gasteiger partial charge in [-0.3, -0.25) is 4.79 Å². The van der Waals surface area contributed by atoms with Crippen LogP contribution in [-0.4, -0.2) is 38.0 Å². The summed E-state index contributed by atoms with van der Waals surface area (Å²) >= 11 is 0. The van der Waals surface area contributed by atoms with Crippen molar-refractivity contribution in [1.82, 2.24) is 4.90 Å². The fourth-order valence-corrected chi connectivity index (χ4v) is 2.23. The van der Waals surface area contributed by atoms with Crippen molar-refractivity contribution >= 4 is 11.6 Å². The molecule has 3 heteroatoms. The lowest BCUT2D eigenvalue weighted by molar-refractivity contribution is 0.0827. The van der Waals surface area contributed by atoms with Gasteiger partial charge in [0.25, 0.3) is 5.91 Å². The second-order valence-corrected chi connectivity index (χ2v) is 4.79. The number of rotatable bonds is 2. The SMILES string of the molecule is CN(C)C(=O)c1ccc(N2CCCCC2)cc1. The van der Waals surface area contributed by atoms with Gasteiger partial charge in [-0.1, -0.05) is 0 Å². The summed E-state index contributed by atoms with van der Waals surface area (Å²) in [4.78, 5) is 15.7. The van der Waals surface area contributed by atoms with Gasteiger partial charge in [0.1, 0.15) is 0 Å². The molecule has 2 rings (SSSR count). The molecule has 0 spiro atoms. The molecule has 0 aromatic heterocycles. The van der Waals surface area contributed by atoms with E-state index in [4.69, 9.17) is 0 Å². The van der Waals surface area contributed by atoms with Crippen LogP contribution in [0, 0.1) is 0 Å². The van der Waals surface area contributed by atoms with Crippen LogP contribution in [0.2, 0.25) is 0 Å². The molecule has 0 radical (unpaired) electrons. The molecule has 1 aromatic rings. The van der Waals surface area contributed by atoms with E-state index < -0.39 is 0 Å². The zero-order chi connectivity index (χ0) is 12.3. The Bertz CT molecular complexity index is 378. The van der Waals surface area contributed by atoms with Gasteiger partial charge in [0, 0.05) is 38.4 Å². The average Bonchev–Trinajstić information content (AvgIpc) is 2.39. The summed E-state index contributed by atoms with van der Waals surface area (Å²) in [5.41, 5.74) is 2.00. The van der Waals surface area contributed by atoms with Crippen molar-refractivity contribution in [1.29, 1.82) is 0 Å². The van der Waals surface area contributed by atoms with Gasteiger partial charge in [-0.15, -0.1) is 0 Å². The number of benzene rings is 1. The maximum atomic E-state index is 11.7. The first-order valence-corrected chi connectivity index (χ1v) is 6.25. The summed E-state index contributed by atoms with van der Waals surface area (Å²) in [7, 11) is 3.56. The van der Waals surface area contributed by atoms with E-state index in [2.05, 4.69) is 17.0 Å². The quantitative estimate of drug-likeness (QED) is 0.781. The van der Waals surface area contributed by atoms with Crippen molar-refractivity contribution < 1.29 is 4.79 Å². The monoisotopic (exact) mass is 232 g/mol. The van der Waals surface area contributed by atoms with Crippen LogP contribution in [0.25, 0.3) is 0 Å². The van der Waals surface area contributed by atoms with Gasteiger partial charge in [0.2, 0.25) is 0 Å². The Hall–Kier alpha value is -1.51. The average molecular weight is 232 g/mol. The maximum Gasteiger partial charge on any atom is 0.253 e. The topological polar surface area (TPSA) is 23.6 Å². The van der Waals surface area contributed by atoms with E-state index in [0.717, 1.165) is 18.7 Å². The molecule has 0 aliphatic carbocycles. The van der Waals surface area contributed by atoms with Crippen molar-refractivity contribution in [2.24, 2.45) is 0 Å². The van der Waals surface area contributed by atoms with E-state index >= 15 is 0 Å². The van der Waals surface area contributed by atoms with Gasteiger partial charge in [0.05, 0.1) is 0 Å². The minimum Gasteiger partial charge on any atom is -0.372 e. The van der Waals surface area contributed by atoms with Crippen LogP contribution in [0.5, 0.6) is 0 Å². The summed E-state index contributed by atoms with van der Waals surface area (Å²) in [6.07, 6.45) is 3.89.